The minimum absolute atomic E-state index is 0.163. The molecule has 0 radical (unpaired) electrons. The molecule has 0 aliphatic carbocycles. The summed E-state index contributed by atoms with van der Waals surface area (Å²) in [6, 6.07) is 14.2. The van der Waals surface area contributed by atoms with Gasteiger partial charge in [-0.05, 0) is 48.5 Å². The molecule has 126 valence electrons. The summed E-state index contributed by atoms with van der Waals surface area (Å²) in [5, 5.41) is 9.24. The highest BCUT2D eigenvalue weighted by atomic mass is 19.1. The standard InChI is InChI=1S/C18H15FN4O2/c19-14-4-1-3-13(11-14)18(25)20-12-17(24)22-15-5-7-16(8-6-15)23-10-2-9-21-23/h1-11H,12H2,(H,20,25)(H,22,24). The Morgan fingerprint density at radius 1 is 1.08 bits per heavy atom. The number of benzene rings is 2. The van der Waals surface area contributed by atoms with E-state index in [0.717, 1.165) is 11.8 Å². The molecule has 6 nitrogen and oxygen atoms in total. The number of amides is 2. The third-order valence-electron chi connectivity index (χ3n) is 3.42. The summed E-state index contributed by atoms with van der Waals surface area (Å²) in [5.74, 6) is -1.39. The lowest BCUT2D eigenvalue weighted by Crippen LogP contribution is -2.32. The van der Waals surface area contributed by atoms with Crippen LogP contribution in [-0.4, -0.2) is 28.1 Å². The van der Waals surface area contributed by atoms with Gasteiger partial charge in [-0.25, -0.2) is 9.07 Å². The van der Waals surface area contributed by atoms with E-state index < -0.39 is 11.7 Å². The van der Waals surface area contributed by atoms with Crippen molar-refractivity contribution in [1.29, 1.82) is 0 Å². The molecule has 0 aliphatic heterocycles. The van der Waals surface area contributed by atoms with Crippen molar-refractivity contribution in [2.75, 3.05) is 11.9 Å². The second-order valence-electron chi connectivity index (χ2n) is 5.24. The van der Waals surface area contributed by atoms with Crippen molar-refractivity contribution in [2.45, 2.75) is 0 Å². The number of carbonyl (C=O) groups is 2. The van der Waals surface area contributed by atoms with Crippen molar-refractivity contribution >= 4 is 17.5 Å². The summed E-state index contributed by atoms with van der Waals surface area (Å²) in [4.78, 5) is 23.8. The Balaban J connectivity index is 1.53. The number of hydrogen-bond acceptors (Lipinski definition) is 3. The lowest BCUT2D eigenvalue weighted by molar-refractivity contribution is -0.115. The number of halogens is 1. The summed E-state index contributed by atoms with van der Waals surface area (Å²) >= 11 is 0. The quantitative estimate of drug-likeness (QED) is 0.750. The van der Waals surface area contributed by atoms with E-state index in [1.807, 2.05) is 24.4 Å². The van der Waals surface area contributed by atoms with Crippen LogP contribution in [0.15, 0.2) is 67.0 Å². The van der Waals surface area contributed by atoms with Crippen LogP contribution in [0.4, 0.5) is 10.1 Å². The summed E-state index contributed by atoms with van der Waals surface area (Å²) in [6.07, 6.45) is 3.49. The van der Waals surface area contributed by atoms with Crippen molar-refractivity contribution in [2.24, 2.45) is 0 Å². The second-order valence-corrected chi connectivity index (χ2v) is 5.24. The Bertz CT molecular complexity index is 876. The van der Waals surface area contributed by atoms with Gasteiger partial charge >= 0.3 is 0 Å². The largest absolute Gasteiger partial charge is 0.343 e. The SMILES string of the molecule is O=C(CNC(=O)c1cccc(F)c1)Nc1ccc(-n2cccn2)cc1. The highest BCUT2D eigenvalue weighted by Gasteiger charge is 2.09. The predicted molar refractivity (Wildman–Crippen MR) is 90.9 cm³/mol. The topological polar surface area (TPSA) is 76.0 Å². The molecule has 0 unspecified atom stereocenters. The van der Waals surface area contributed by atoms with E-state index in [0.29, 0.717) is 5.69 Å². The van der Waals surface area contributed by atoms with E-state index in [9.17, 15) is 14.0 Å². The number of hydrogen-bond donors (Lipinski definition) is 2. The molecule has 3 aromatic rings. The van der Waals surface area contributed by atoms with Gasteiger partial charge in [0, 0.05) is 23.6 Å². The predicted octanol–water partition coefficient (Wildman–Crippen LogP) is 2.38. The first-order valence-corrected chi connectivity index (χ1v) is 7.55. The van der Waals surface area contributed by atoms with Gasteiger partial charge in [0.25, 0.3) is 5.91 Å². The van der Waals surface area contributed by atoms with E-state index in [2.05, 4.69) is 15.7 Å². The lowest BCUT2D eigenvalue weighted by atomic mass is 10.2. The van der Waals surface area contributed by atoms with Crippen LogP contribution in [0, 0.1) is 5.82 Å². The maximum atomic E-state index is 13.1. The first-order valence-electron chi connectivity index (χ1n) is 7.55. The fourth-order valence-corrected chi connectivity index (χ4v) is 2.22. The van der Waals surface area contributed by atoms with E-state index in [-0.39, 0.29) is 18.0 Å². The average molecular weight is 338 g/mol. The molecule has 0 aliphatic rings. The number of aromatic nitrogens is 2. The normalized spacial score (nSPS) is 10.3. The molecule has 2 N–H and O–H groups in total. The van der Waals surface area contributed by atoms with Gasteiger partial charge in [-0.15, -0.1) is 0 Å². The molecule has 7 heteroatoms. The van der Waals surface area contributed by atoms with Gasteiger partial charge in [0.1, 0.15) is 5.82 Å². The van der Waals surface area contributed by atoms with Crippen molar-refractivity contribution in [3.63, 3.8) is 0 Å². The molecule has 2 aromatic carbocycles. The van der Waals surface area contributed by atoms with Crippen LogP contribution in [0.2, 0.25) is 0 Å². The molecule has 25 heavy (non-hydrogen) atoms. The molecular formula is C18H15FN4O2. The first-order chi connectivity index (χ1) is 12.1. The Morgan fingerprint density at radius 3 is 2.56 bits per heavy atom. The highest BCUT2D eigenvalue weighted by Crippen LogP contribution is 2.12. The zero-order valence-corrected chi connectivity index (χ0v) is 13.1. The average Bonchev–Trinajstić information content (AvgIpc) is 3.15. The highest BCUT2D eigenvalue weighted by molar-refractivity contribution is 5.99. The van der Waals surface area contributed by atoms with Gasteiger partial charge in [0.15, 0.2) is 0 Å². The third-order valence-corrected chi connectivity index (χ3v) is 3.42. The number of rotatable bonds is 5. The van der Waals surface area contributed by atoms with Gasteiger partial charge in [0.05, 0.1) is 12.2 Å². The molecule has 0 saturated heterocycles. The molecular weight excluding hydrogens is 323 g/mol. The van der Waals surface area contributed by atoms with Gasteiger partial charge < -0.3 is 10.6 Å². The molecule has 0 saturated carbocycles. The van der Waals surface area contributed by atoms with Crippen LogP contribution < -0.4 is 10.6 Å². The molecule has 1 heterocycles. The monoisotopic (exact) mass is 338 g/mol. The van der Waals surface area contributed by atoms with Crippen molar-refractivity contribution in [1.82, 2.24) is 15.1 Å². The second kappa shape index (κ2) is 7.39. The minimum Gasteiger partial charge on any atom is -0.343 e. The fraction of sp³-hybridized carbons (Fsp3) is 0.0556. The Kier molecular flexibility index (Phi) is 4.84. The Hall–Kier alpha value is -3.48. The zero-order valence-electron chi connectivity index (χ0n) is 13.1. The minimum atomic E-state index is -0.510. The summed E-state index contributed by atoms with van der Waals surface area (Å²) in [5.41, 5.74) is 1.62. The maximum absolute atomic E-state index is 13.1. The maximum Gasteiger partial charge on any atom is 0.251 e. The van der Waals surface area contributed by atoms with Crippen LogP contribution in [0.5, 0.6) is 0 Å². The van der Waals surface area contributed by atoms with Crippen molar-refractivity contribution < 1.29 is 14.0 Å². The molecule has 1 aromatic heterocycles. The van der Waals surface area contributed by atoms with Crippen LogP contribution in [0.1, 0.15) is 10.4 Å². The molecule has 3 rings (SSSR count). The summed E-state index contributed by atoms with van der Waals surface area (Å²) in [7, 11) is 0. The van der Waals surface area contributed by atoms with E-state index in [1.165, 1.54) is 18.2 Å². The lowest BCUT2D eigenvalue weighted by Gasteiger charge is -2.08. The van der Waals surface area contributed by atoms with Crippen LogP contribution >= 0.6 is 0 Å². The van der Waals surface area contributed by atoms with E-state index in [4.69, 9.17) is 0 Å². The summed E-state index contributed by atoms with van der Waals surface area (Å²) < 4.78 is 14.8. The molecule has 2 amide bonds. The van der Waals surface area contributed by atoms with Gasteiger partial charge in [-0.3, -0.25) is 9.59 Å². The molecule has 0 spiro atoms. The van der Waals surface area contributed by atoms with E-state index in [1.54, 1.807) is 23.0 Å². The molecule has 0 bridgehead atoms. The van der Waals surface area contributed by atoms with Crippen molar-refractivity contribution in [3.8, 4) is 5.69 Å². The van der Waals surface area contributed by atoms with Gasteiger partial charge in [0.2, 0.25) is 5.91 Å². The van der Waals surface area contributed by atoms with Crippen LogP contribution in [0.25, 0.3) is 5.69 Å². The molecule has 0 fully saturated rings. The number of nitrogens with zero attached hydrogens (tertiary/aromatic N) is 2. The van der Waals surface area contributed by atoms with Gasteiger partial charge in [-0.2, -0.15) is 5.10 Å². The Morgan fingerprint density at radius 2 is 1.88 bits per heavy atom. The zero-order chi connectivity index (χ0) is 17.6. The fourth-order valence-electron chi connectivity index (χ4n) is 2.22. The number of carbonyl (C=O) groups excluding carboxylic acids is 2. The van der Waals surface area contributed by atoms with Crippen LogP contribution in [0.3, 0.4) is 0 Å². The Labute approximate surface area is 143 Å². The van der Waals surface area contributed by atoms with Gasteiger partial charge in [-0.1, -0.05) is 6.07 Å². The summed E-state index contributed by atoms with van der Waals surface area (Å²) in [6.45, 7) is -0.212. The first kappa shape index (κ1) is 16.4. The number of nitrogens with one attached hydrogen (secondary N) is 2. The number of anilines is 1. The molecule has 0 atom stereocenters. The van der Waals surface area contributed by atoms with Crippen molar-refractivity contribution in [3.05, 3.63) is 78.4 Å². The van der Waals surface area contributed by atoms with Crippen LogP contribution in [-0.2, 0) is 4.79 Å². The third kappa shape index (κ3) is 4.29. The van der Waals surface area contributed by atoms with E-state index >= 15 is 0 Å². The smallest absolute Gasteiger partial charge is 0.251 e.